The molecule has 0 aromatic heterocycles. The van der Waals surface area contributed by atoms with Crippen LogP contribution in [0.2, 0.25) is 5.02 Å². The highest BCUT2D eigenvalue weighted by atomic mass is 35.5. The Bertz CT molecular complexity index is 407. The molecule has 0 aliphatic rings. The third kappa shape index (κ3) is 2.36. The summed E-state index contributed by atoms with van der Waals surface area (Å²) in [7, 11) is 0. The van der Waals surface area contributed by atoms with Crippen molar-refractivity contribution in [2.24, 2.45) is 0 Å². The van der Waals surface area contributed by atoms with E-state index >= 15 is 0 Å². The van der Waals surface area contributed by atoms with E-state index in [1.165, 1.54) is 11.1 Å². The standard InChI is InChI=1S/C13H11Cl/c14-13-8-4-7-12(10-13)9-11-5-2-1-3-6-11/h1-8,10H,9H2. The number of rotatable bonds is 2. The van der Waals surface area contributed by atoms with Crippen LogP contribution in [0.25, 0.3) is 0 Å². The second-order valence-electron chi connectivity index (χ2n) is 3.29. The van der Waals surface area contributed by atoms with Gasteiger partial charge >= 0.3 is 0 Å². The first-order valence-corrected chi connectivity index (χ1v) is 5.01. The maximum absolute atomic E-state index is 5.91. The lowest BCUT2D eigenvalue weighted by molar-refractivity contribution is 1.19. The molecule has 0 atom stereocenters. The maximum atomic E-state index is 5.91. The van der Waals surface area contributed by atoms with E-state index in [4.69, 9.17) is 11.6 Å². The molecule has 2 rings (SSSR count). The zero-order valence-corrected chi connectivity index (χ0v) is 8.54. The lowest BCUT2D eigenvalue weighted by atomic mass is 10.1. The first-order chi connectivity index (χ1) is 6.84. The van der Waals surface area contributed by atoms with E-state index in [0.29, 0.717) is 0 Å². The minimum atomic E-state index is 0.804. The largest absolute Gasteiger partial charge is 0.0843 e. The fraction of sp³-hybridized carbons (Fsp3) is 0.0769. The fourth-order valence-electron chi connectivity index (χ4n) is 1.48. The number of benzene rings is 2. The van der Waals surface area contributed by atoms with E-state index in [1.807, 2.05) is 24.3 Å². The zero-order chi connectivity index (χ0) is 9.80. The number of halogens is 1. The molecule has 0 aliphatic heterocycles. The van der Waals surface area contributed by atoms with Gasteiger partial charge in [0, 0.05) is 5.02 Å². The Labute approximate surface area is 89.2 Å². The molecule has 0 aliphatic carbocycles. The monoisotopic (exact) mass is 202 g/mol. The Balaban J connectivity index is 2.19. The molecule has 0 saturated heterocycles. The molecular weight excluding hydrogens is 192 g/mol. The van der Waals surface area contributed by atoms with Crippen LogP contribution >= 0.6 is 11.6 Å². The topological polar surface area (TPSA) is 0 Å². The van der Waals surface area contributed by atoms with Gasteiger partial charge in [0.05, 0.1) is 0 Å². The summed E-state index contributed by atoms with van der Waals surface area (Å²) >= 11 is 5.91. The minimum Gasteiger partial charge on any atom is -0.0843 e. The van der Waals surface area contributed by atoms with Crippen molar-refractivity contribution in [1.29, 1.82) is 0 Å². The summed E-state index contributed by atoms with van der Waals surface area (Å²) in [6, 6.07) is 18.4. The highest BCUT2D eigenvalue weighted by Crippen LogP contribution is 2.14. The van der Waals surface area contributed by atoms with Gasteiger partial charge in [0.25, 0.3) is 0 Å². The lowest BCUT2D eigenvalue weighted by Gasteiger charge is -2.01. The molecule has 14 heavy (non-hydrogen) atoms. The summed E-state index contributed by atoms with van der Waals surface area (Å²) in [5.74, 6) is 0. The average molecular weight is 203 g/mol. The van der Waals surface area contributed by atoms with Crippen LogP contribution in [0, 0.1) is 0 Å². The van der Waals surface area contributed by atoms with Crippen molar-refractivity contribution in [3.63, 3.8) is 0 Å². The molecule has 1 heteroatoms. The predicted octanol–water partition coefficient (Wildman–Crippen LogP) is 3.93. The smallest absolute Gasteiger partial charge is 0.0408 e. The Hall–Kier alpha value is -1.27. The quantitative estimate of drug-likeness (QED) is 0.692. The normalized spacial score (nSPS) is 10.1. The van der Waals surface area contributed by atoms with Crippen LogP contribution in [0.1, 0.15) is 11.1 Å². The first kappa shape index (κ1) is 9.29. The Morgan fingerprint density at radius 3 is 2.21 bits per heavy atom. The molecule has 0 nitrogen and oxygen atoms in total. The van der Waals surface area contributed by atoms with Crippen LogP contribution < -0.4 is 0 Å². The highest BCUT2D eigenvalue weighted by Gasteiger charge is 1.95. The van der Waals surface area contributed by atoms with Crippen molar-refractivity contribution >= 4 is 11.6 Å². The molecule has 0 bridgehead atoms. The average Bonchev–Trinajstić information content (AvgIpc) is 2.19. The summed E-state index contributed by atoms with van der Waals surface area (Å²) in [5.41, 5.74) is 2.57. The molecule has 0 amide bonds. The van der Waals surface area contributed by atoms with Crippen LogP contribution in [0.5, 0.6) is 0 Å². The first-order valence-electron chi connectivity index (χ1n) is 4.63. The van der Waals surface area contributed by atoms with Crippen LogP contribution in [-0.2, 0) is 6.42 Å². The molecular formula is C13H11Cl. The van der Waals surface area contributed by atoms with Crippen molar-refractivity contribution in [3.8, 4) is 0 Å². The van der Waals surface area contributed by atoms with Gasteiger partial charge in [-0.2, -0.15) is 0 Å². The van der Waals surface area contributed by atoms with Gasteiger partial charge in [-0.3, -0.25) is 0 Å². The summed E-state index contributed by atoms with van der Waals surface area (Å²) < 4.78 is 0. The second kappa shape index (κ2) is 4.30. The molecule has 0 spiro atoms. The summed E-state index contributed by atoms with van der Waals surface area (Å²) in [4.78, 5) is 0. The van der Waals surface area contributed by atoms with Crippen LogP contribution in [-0.4, -0.2) is 0 Å². The third-order valence-electron chi connectivity index (χ3n) is 2.14. The van der Waals surface area contributed by atoms with Gasteiger partial charge in [-0.05, 0) is 29.7 Å². The lowest BCUT2D eigenvalue weighted by Crippen LogP contribution is -1.86. The molecule has 2 aromatic rings. The van der Waals surface area contributed by atoms with Gasteiger partial charge in [0.1, 0.15) is 0 Å². The number of hydrogen-bond acceptors (Lipinski definition) is 0. The maximum Gasteiger partial charge on any atom is 0.0408 e. The van der Waals surface area contributed by atoms with E-state index in [-0.39, 0.29) is 0 Å². The molecule has 0 N–H and O–H groups in total. The van der Waals surface area contributed by atoms with E-state index in [0.717, 1.165) is 11.4 Å². The SMILES string of the molecule is Clc1cccc(Cc2ccccc2)c1. The Morgan fingerprint density at radius 1 is 0.786 bits per heavy atom. The van der Waals surface area contributed by atoms with Crippen molar-refractivity contribution in [3.05, 3.63) is 70.7 Å². The van der Waals surface area contributed by atoms with Crippen molar-refractivity contribution in [2.75, 3.05) is 0 Å². The summed E-state index contributed by atoms with van der Waals surface area (Å²) in [5, 5.41) is 0.804. The van der Waals surface area contributed by atoms with Crippen molar-refractivity contribution in [2.45, 2.75) is 6.42 Å². The fourth-order valence-corrected chi connectivity index (χ4v) is 1.69. The van der Waals surface area contributed by atoms with E-state index in [2.05, 4.69) is 30.3 Å². The molecule has 0 saturated carbocycles. The Kier molecular flexibility index (Phi) is 2.85. The summed E-state index contributed by atoms with van der Waals surface area (Å²) in [6.07, 6.45) is 0.946. The van der Waals surface area contributed by atoms with Crippen LogP contribution in [0.4, 0.5) is 0 Å². The molecule has 0 radical (unpaired) electrons. The highest BCUT2D eigenvalue weighted by molar-refractivity contribution is 6.30. The zero-order valence-electron chi connectivity index (χ0n) is 7.78. The second-order valence-corrected chi connectivity index (χ2v) is 3.73. The van der Waals surface area contributed by atoms with Gasteiger partial charge < -0.3 is 0 Å². The van der Waals surface area contributed by atoms with Crippen molar-refractivity contribution < 1.29 is 0 Å². The van der Waals surface area contributed by atoms with Gasteiger partial charge in [0.2, 0.25) is 0 Å². The van der Waals surface area contributed by atoms with Gasteiger partial charge in [-0.1, -0.05) is 54.1 Å². The molecule has 0 fully saturated rings. The number of hydrogen-bond donors (Lipinski definition) is 0. The third-order valence-corrected chi connectivity index (χ3v) is 2.38. The summed E-state index contributed by atoms with van der Waals surface area (Å²) in [6.45, 7) is 0. The van der Waals surface area contributed by atoms with Gasteiger partial charge in [0.15, 0.2) is 0 Å². The van der Waals surface area contributed by atoms with Gasteiger partial charge in [-0.15, -0.1) is 0 Å². The van der Waals surface area contributed by atoms with Crippen LogP contribution in [0.3, 0.4) is 0 Å². The van der Waals surface area contributed by atoms with Crippen LogP contribution in [0.15, 0.2) is 54.6 Å². The molecule has 70 valence electrons. The van der Waals surface area contributed by atoms with E-state index < -0.39 is 0 Å². The molecule has 0 unspecified atom stereocenters. The van der Waals surface area contributed by atoms with Gasteiger partial charge in [-0.25, -0.2) is 0 Å². The molecule has 0 heterocycles. The Morgan fingerprint density at radius 2 is 1.50 bits per heavy atom. The van der Waals surface area contributed by atoms with E-state index in [9.17, 15) is 0 Å². The predicted molar refractivity (Wildman–Crippen MR) is 60.7 cm³/mol. The van der Waals surface area contributed by atoms with Crippen molar-refractivity contribution in [1.82, 2.24) is 0 Å². The van der Waals surface area contributed by atoms with E-state index in [1.54, 1.807) is 0 Å². The minimum absolute atomic E-state index is 0.804. The molecule has 2 aromatic carbocycles.